The molecule has 112 valence electrons. The number of benzene rings is 1. The molecule has 0 aliphatic rings. The highest BCUT2D eigenvalue weighted by Gasteiger charge is 2.15. The second kappa shape index (κ2) is 6.03. The Kier molecular flexibility index (Phi) is 3.92. The van der Waals surface area contributed by atoms with Crippen molar-refractivity contribution in [2.75, 3.05) is 5.73 Å². The van der Waals surface area contributed by atoms with Gasteiger partial charge in [0.1, 0.15) is 23.3 Å². The van der Waals surface area contributed by atoms with Crippen molar-refractivity contribution in [2.24, 2.45) is 0 Å². The van der Waals surface area contributed by atoms with Gasteiger partial charge in [0.25, 0.3) is 0 Å². The fraction of sp³-hybridized carbons (Fsp3) is 0. The van der Waals surface area contributed by atoms with Crippen LogP contribution in [0.3, 0.4) is 0 Å². The fourth-order valence-electron chi connectivity index (χ4n) is 2.22. The van der Waals surface area contributed by atoms with Crippen LogP contribution in [0.2, 0.25) is 5.02 Å². The molecule has 0 radical (unpaired) electrons. The van der Waals surface area contributed by atoms with E-state index in [1.165, 1.54) is 12.1 Å². The molecule has 4 nitrogen and oxygen atoms in total. The van der Waals surface area contributed by atoms with E-state index in [4.69, 9.17) is 17.3 Å². The first-order chi connectivity index (χ1) is 11.1. The Morgan fingerprint density at radius 1 is 1.13 bits per heavy atom. The van der Waals surface area contributed by atoms with Crippen LogP contribution >= 0.6 is 11.6 Å². The number of anilines is 1. The van der Waals surface area contributed by atoms with E-state index in [0.717, 1.165) is 0 Å². The van der Waals surface area contributed by atoms with Crippen LogP contribution in [0.15, 0.2) is 48.7 Å². The van der Waals surface area contributed by atoms with Crippen molar-refractivity contribution in [1.82, 2.24) is 9.97 Å². The molecule has 0 bridgehead atoms. The standard InChI is InChI=1S/C17H10ClFN4/c18-13-5-4-10(7-14(13)19)11-8-16(15-3-1-2-6-22-15)23-17(21)12(11)9-20/h1-8H,(H2,21,23). The lowest BCUT2D eigenvalue weighted by atomic mass is 9.99. The molecule has 3 rings (SSSR count). The van der Waals surface area contributed by atoms with E-state index in [1.807, 2.05) is 12.1 Å². The number of rotatable bonds is 2. The topological polar surface area (TPSA) is 75.6 Å². The molecule has 0 unspecified atom stereocenters. The molecule has 0 amide bonds. The Morgan fingerprint density at radius 3 is 2.61 bits per heavy atom. The lowest BCUT2D eigenvalue weighted by Gasteiger charge is -2.10. The predicted molar refractivity (Wildman–Crippen MR) is 87.0 cm³/mol. The Morgan fingerprint density at radius 2 is 1.96 bits per heavy atom. The van der Waals surface area contributed by atoms with Crippen molar-refractivity contribution >= 4 is 17.4 Å². The zero-order chi connectivity index (χ0) is 16.4. The number of nitriles is 1. The highest BCUT2D eigenvalue weighted by atomic mass is 35.5. The molecule has 2 aromatic heterocycles. The van der Waals surface area contributed by atoms with Crippen molar-refractivity contribution in [3.8, 4) is 28.6 Å². The molecule has 0 aliphatic carbocycles. The monoisotopic (exact) mass is 324 g/mol. The molecule has 0 spiro atoms. The van der Waals surface area contributed by atoms with Gasteiger partial charge in [0.15, 0.2) is 0 Å². The summed E-state index contributed by atoms with van der Waals surface area (Å²) in [7, 11) is 0. The number of pyridine rings is 2. The van der Waals surface area contributed by atoms with E-state index in [0.29, 0.717) is 22.5 Å². The zero-order valence-electron chi connectivity index (χ0n) is 11.8. The highest BCUT2D eigenvalue weighted by Crippen LogP contribution is 2.32. The van der Waals surface area contributed by atoms with Gasteiger partial charge in [-0.3, -0.25) is 4.98 Å². The normalized spacial score (nSPS) is 10.3. The second-order valence-electron chi connectivity index (χ2n) is 4.77. The molecule has 6 heteroatoms. The summed E-state index contributed by atoms with van der Waals surface area (Å²) in [6.45, 7) is 0. The van der Waals surface area contributed by atoms with Gasteiger partial charge in [-0.25, -0.2) is 9.37 Å². The summed E-state index contributed by atoms with van der Waals surface area (Å²) in [5.74, 6) is -0.496. The Labute approximate surface area is 137 Å². The van der Waals surface area contributed by atoms with Gasteiger partial charge in [0.2, 0.25) is 0 Å². The van der Waals surface area contributed by atoms with Gasteiger partial charge in [-0.15, -0.1) is 0 Å². The third-order valence-electron chi connectivity index (χ3n) is 3.32. The lowest BCUT2D eigenvalue weighted by molar-refractivity contribution is 0.629. The summed E-state index contributed by atoms with van der Waals surface area (Å²) < 4.78 is 13.8. The van der Waals surface area contributed by atoms with E-state index >= 15 is 0 Å². The van der Waals surface area contributed by atoms with Crippen LogP contribution in [0.1, 0.15) is 5.56 Å². The summed E-state index contributed by atoms with van der Waals surface area (Å²) in [6, 6.07) is 13.4. The van der Waals surface area contributed by atoms with E-state index in [2.05, 4.69) is 9.97 Å². The van der Waals surface area contributed by atoms with Crippen LogP contribution < -0.4 is 5.73 Å². The lowest BCUT2D eigenvalue weighted by Crippen LogP contribution is -2.00. The second-order valence-corrected chi connectivity index (χ2v) is 5.18. The molecule has 23 heavy (non-hydrogen) atoms. The van der Waals surface area contributed by atoms with Crippen LogP contribution in [-0.4, -0.2) is 9.97 Å². The minimum Gasteiger partial charge on any atom is -0.383 e. The molecule has 0 aliphatic heterocycles. The van der Waals surface area contributed by atoms with Gasteiger partial charge >= 0.3 is 0 Å². The summed E-state index contributed by atoms with van der Waals surface area (Å²) in [5.41, 5.74) is 8.18. The quantitative estimate of drug-likeness (QED) is 0.771. The molecule has 2 heterocycles. The van der Waals surface area contributed by atoms with Crippen molar-refractivity contribution in [2.45, 2.75) is 0 Å². The largest absolute Gasteiger partial charge is 0.383 e. The Bertz CT molecular complexity index is 920. The van der Waals surface area contributed by atoms with E-state index < -0.39 is 5.82 Å². The van der Waals surface area contributed by atoms with Crippen LogP contribution in [0, 0.1) is 17.1 Å². The van der Waals surface area contributed by atoms with E-state index in [1.54, 1.807) is 30.5 Å². The number of halogens is 2. The fourth-order valence-corrected chi connectivity index (χ4v) is 2.34. The number of hydrogen-bond acceptors (Lipinski definition) is 4. The summed E-state index contributed by atoms with van der Waals surface area (Å²) >= 11 is 5.71. The molecule has 3 aromatic rings. The molecule has 2 N–H and O–H groups in total. The Hall–Kier alpha value is -2.97. The van der Waals surface area contributed by atoms with Gasteiger partial charge in [-0.1, -0.05) is 23.7 Å². The predicted octanol–water partition coefficient (Wildman–Crippen LogP) is 4.06. The minimum absolute atomic E-state index is 0.0132. The number of aromatic nitrogens is 2. The van der Waals surface area contributed by atoms with Crippen molar-refractivity contribution in [3.63, 3.8) is 0 Å². The number of nitrogen functional groups attached to an aromatic ring is 1. The third-order valence-corrected chi connectivity index (χ3v) is 3.62. The summed E-state index contributed by atoms with van der Waals surface area (Å²) in [6.07, 6.45) is 1.63. The molecule has 0 fully saturated rings. The van der Waals surface area contributed by atoms with Crippen LogP contribution in [0.4, 0.5) is 10.2 Å². The molecule has 0 saturated heterocycles. The maximum absolute atomic E-state index is 13.8. The first kappa shape index (κ1) is 14.9. The molecule has 0 saturated carbocycles. The maximum atomic E-state index is 13.8. The highest BCUT2D eigenvalue weighted by molar-refractivity contribution is 6.30. The molecular weight excluding hydrogens is 315 g/mol. The maximum Gasteiger partial charge on any atom is 0.142 e. The van der Waals surface area contributed by atoms with Crippen molar-refractivity contribution < 1.29 is 4.39 Å². The zero-order valence-corrected chi connectivity index (χ0v) is 12.5. The first-order valence-electron chi connectivity index (χ1n) is 6.67. The van der Waals surface area contributed by atoms with Crippen molar-refractivity contribution in [1.29, 1.82) is 5.26 Å². The SMILES string of the molecule is N#Cc1c(-c2ccc(Cl)c(F)c2)cc(-c2ccccn2)nc1N. The van der Waals surface area contributed by atoms with Crippen LogP contribution in [0.5, 0.6) is 0 Å². The average molecular weight is 325 g/mol. The first-order valence-corrected chi connectivity index (χ1v) is 7.05. The van der Waals surface area contributed by atoms with E-state index in [-0.39, 0.29) is 16.4 Å². The van der Waals surface area contributed by atoms with Crippen LogP contribution in [-0.2, 0) is 0 Å². The molecule has 0 atom stereocenters. The van der Waals surface area contributed by atoms with Crippen molar-refractivity contribution in [3.05, 3.63) is 65.1 Å². The van der Waals surface area contributed by atoms with Gasteiger partial charge in [-0.2, -0.15) is 5.26 Å². The average Bonchev–Trinajstić information content (AvgIpc) is 2.57. The van der Waals surface area contributed by atoms with Gasteiger partial charge in [0, 0.05) is 11.8 Å². The smallest absolute Gasteiger partial charge is 0.142 e. The number of nitrogens with two attached hydrogens (primary N) is 1. The van der Waals surface area contributed by atoms with Gasteiger partial charge in [0.05, 0.1) is 16.4 Å². The number of nitrogens with zero attached hydrogens (tertiary/aromatic N) is 3. The summed E-state index contributed by atoms with van der Waals surface area (Å²) in [4.78, 5) is 8.43. The van der Waals surface area contributed by atoms with Gasteiger partial charge < -0.3 is 5.73 Å². The summed E-state index contributed by atoms with van der Waals surface area (Å²) in [5, 5.41) is 9.35. The van der Waals surface area contributed by atoms with E-state index in [9.17, 15) is 9.65 Å². The van der Waals surface area contributed by atoms with Crippen LogP contribution in [0.25, 0.3) is 22.5 Å². The van der Waals surface area contributed by atoms with Gasteiger partial charge in [-0.05, 0) is 35.9 Å². The number of hydrogen-bond donors (Lipinski definition) is 1. The molecular formula is C17H10ClFN4. The third kappa shape index (κ3) is 2.85. The minimum atomic E-state index is -0.567. The Balaban J connectivity index is 2.24. The molecule has 1 aromatic carbocycles.